The topological polar surface area (TPSA) is 107 Å². The number of hydrogen-bond donors (Lipinski definition) is 1. The molecule has 3 aromatic carbocycles. The number of imide groups is 2. The lowest BCUT2D eigenvalue weighted by molar-refractivity contribution is -0.144. The van der Waals surface area contributed by atoms with Crippen molar-refractivity contribution in [1.82, 2.24) is 9.80 Å². The monoisotopic (exact) mass is 725 g/mol. The van der Waals surface area contributed by atoms with Gasteiger partial charge in [0.05, 0.1) is 40.5 Å². The van der Waals surface area contributed by atoms with E-state index < -0.39 is 52.6 Å². The third-order valence-corrected chi connectivity index (χ3v) is 12.5. The average Bonchev–Trinajstić information content (AvgIpc) is 3.51. The van der Waals surface area contributed by atoms with Crippen LogP contribution in [0.5, 0.6) is 11.5 Å². The maximum atomic E-state index is 14.7. The molecular formula is C41H41ClFN3O6. The minimum Gasteiger partial charge on any atom is -0.504 e. The molecule has 270 valence electrons. The first kappa shape index (κ1) is 34.5. The Hall–Kier alpha value is -4.54. The quantitative estimate of drug-likeness (QED) is 0.220. The first-order valence-electron chi connectivity index (χ1n) is 18.1. The highest BCUT2D eigenvalue weighted by Crippen LogP contribution is 2.64. The van der Waals surface area contributed by atoms with Crippen LogP contribution in [0.25, 0.3) is 0 Å². The minimum atomic E-state index is -1.30. The Morgan fingerprint density at radius 2 is 1.69 bits per heavy atom. The number of piperidine rings is 1. The van der Waals surface area contributed by atoms with E-state index in [1.807, 2.05) is 24.3 Å². The Labute approximate surface area is 307 Å². The van der Waals surface area contributed by atoms with Gasteiger partial charge < -0.3 is 9.84 Å². The molecule has 8 rings (SSSR count). The first-order valence-corrected chi connectivity index (χ1v) is 18.5. The van der Waals surface area contributed by atoms with E-state index in [1.54, 1.807) is 26.0 Å². The Morgan fingerprint density at radius 3 is 2.40 bits per heavy atom. The zero-order valence-electron chi connectivity index (χ0n) is 29.1. The smallest absolute Gasteiger partial charge is 0.241 e. The number of rotatable bonds is 7. The molecule has 52 heavy (non-hydrogen) atoms. The molecule has 3 aromatic rings. The van der Waals surface area contributed by atoms with Crippen LogP contribution >= 0.6 is 11.6 Å². The van der Waals surface area contributed by atoms with Crippen molar-refractivity contribution >= 4 is 40.9 Å². The Morgan fingerprint density at radius 1 is 0.942 bits per heavy atom. The Bertz CT molecular complexity index is 2000. The summed E-state index contributed by atoms with van der Waals surface area (Å²) in [6.07, 6.45) is 3.94. The van der Waals surface area contributed by atoms with Crippen molar-refractivity contribution in [2.24, 2.45) is 29.1 Å². The van der Waals surface area contributed by atoms with E-state index in [-0.39, 0.29) is 46.5 Å². The molecule has 3 aliphatic heterocycles. The molecule has 2 aliphatic carbocycles. The fraction of sp³-hybridized carbons (Fsp3) is 0.415. The molecule has 1 saturated carbocycles. The third-order valence-electron chi connectivity index (χ3n) is 12.3. The molecule has 4 amide bonds. The molecule has 6 atom stereocenters. The first-order chi connectivity index (χ1) is 25.0. The number of carbonyl (C=O) groups is 4. The van der Waals surface area contributed by atoms with Crippen molar-refractivity contribution < 1.29 is 33.4 Å². The second kappa shape index (κ2) is 13.1. The molecular weight excluding hydrogens is 685 g/mol. The number of likely N-dealkylation sites (tertiary alicyclic amines) is 2. The number of phenols is 1. The zero-order valence-corrected chi connectivity index (χ0v) is 29.9. The molecule has 0 bridgehead atoms. The van der Waals surface area contributed by atoms with Gasteiger partial charge in [-0.1, -0.05) is 59.6 Å². The number of benzene rings is 3. The van der Waals surface area contributed by atoms with Crippen LogP contribution in [0, 0.1) is 34.9 Å². The van der Waals surface area contributed by atoms with E-state index in [1.165, 1.54) is 28.7 Å². The molecule has 3 heterocycles. The Kier molecular flexibility index (Phi) is 8.73. The summed E-state index contributed by atoms with van der Waals surface area (Å²) >= 11 is 6.13. The summed E-state index contributed by atoms with van der Waals surface area (Å²) in [5.41, 5.74) is 1.59. The van der Waals surface area contributed by atoms with Gasteiger partial charge in [-0.2, -0.15) is 0 Å². The minimum absolute atomic E-state index is 0.0595. The number of fused-ring (bicyclic) bond motifs is 4. The molecule has 6 unspecified atom stereocenters. The van der Waals surface area contributed by atoms with Crippen molar-refractivity contribution in [3.63, 3.8) is 0 Å². The predicted octanol–water partition coefficient (Wildman–Crippen LogP) is 6.48. The molecule has 5 aliphatic rings. The van der Waals surface area contributed by atoms with Crippen LogP contribution in [0.3, 0.4) is 0 Å². The van der Waals surface area contributed by atoms with Gasteiger partial charge >= 0.3 is 0 Å². The van der Waals surface area contributed by atoms with Crippen LogP contribution in [0.2, 0.25) is 5.02 Å². The largest absolute Gasteiger partial charge is 0.504 e. The second-order valence-corrected chi connectivity index (χ2v) is 15.4. The van der Waals surface area contributed by atoms with Crippen molar-refractivity contribution in [2.45, 2.75) is 58.0 Å². The van der Waals surface area contributed by atoms with Crippen molar-refractivity contribution in [2.75, 3.05) is 24.6 Å². The number of halogens is 2. The van der Waals surface area contributed by atoms with Crippen LogP contribution in [-0.2, 0) is 25.7 Å². The third kappa shape index (κ3) is 5.36. The SMILES string of the molecule is CCOc1cc(C2C3=CCC4C(=O)N(C5CCN(Cc6ccccc6)CC5)C(=O)C4C3CC3C(=O)N(c4ccc(F)c(Cl)c4)C(=O)C32C)ccc1O. The van der Waals surface area contributed by atoms with Crippen LogP contribution in [0.1, 0.15) is 56.6 Å². The number of phenolic OH excluding ortho intramolecular Hbond substituents is 1. The van der Waals surface area contributed by atoms with Gasteiger partial charge in [-0.05, 0) is 86.9 Å². The second-order valence-electron chi connectivity index (χ2n) is 15.0. The fourth-order valence-electron chi connectivity index (χ4n) is 9.81. The van der Waals surface area contributed by atoms with E-state index in [0.717, 1.165) is 36.2 Å². The lowest BCUT2D eigenvalue weighted by Gasteiger charge is -2.49. The molecule has 0 radical (unpaired) electrons. The summed E-state index contributed by atoms with van der Waals surface area (Å²) in [6, 6.07) is 18.8. The summed E-state index contributed by atoms with van der Waals surface area (Å²) in [5, 5.41) is 10.4. The molecule has 0 spiro atoms. The van der Waals surface area contributed by atoms with Crippen molar-refractivity contribution in [1.29, 1.82) is 0 Å². The van der Waals surface area contributed by atoms with Gasteiger partial charge in [0.2, 0.25) is 23.6 Å². The highest BCUT2D eigenvalue weighted by Gasteiger charge is 2.68. The highest BCUT2D eigenvalue weighted by molar-refractivity contribution is 6.31. The van der Waals surface area contributed by atoms with Gasteiger partial charge in [0.25, 0.3) is 0 Å². The summed E-state index contributed by atoms with van der Waals surface area (Å²) in [5.74, 6) is -4.96. The number of allylic oxidation sites excluding steroid dienone is 2. The summed E-state index contributed by atoms with van der Waals surface area (Å²) in [6.45, 7) is 6.23. The van der Waals surface area contributed by atoms with Gasteiger partial charge in [-0.3, -0.25) is 29.0 Å². The number of nitrogens with zero attached hydrogens (tertiary/aromatic N) is 3. The highest BCUT2D eigenvalue weighted by atomic mass is 35.5. The molecule has 3 saturated heterocycles. The average molecular weight is 726 g/mol. The molecule has 9 nitrogen and oxygen atoms in total. The van der Waals surface area contributed by atoms with Gasteiger partial charge in [-0.25, -0.2) is 9.29 Å². The van der Waals surface area contributed by atoms with E-state index in [2.05, 4.69) is 17.0 Å². The van der Waals surface area contributed by atoms with Gasteiger partial charge in [0, 0.05) is 31.6 Å². The van der Waals surface area contributed by atoms with Crippen LogP contribution in [-0.4, -0.2) is 64.3 Å². The van der Waals surface area contributed by atoms with Crippen LogP contribution in [0.4, 0.5) is 10.1 Å². The summed E-state index contributed by atoms with van der Waals surface area (Å²) < 4.78 is 20.0. The van der Waals surface area contributed by atoms with Gasteiger partial charge in [0.1, 0.15) is 5.82 Å². The number of hydrogen-bond acceptors (Lipinski definition) is 7. The Balaban J connectivity index is 1.14. The van der Waals surface area contributed by atoms with E-state index in [4.69, 9.17) is 16.3 Å². The van der Waals surface area contributed by atoms with Gasteiger partial charge in [-0.15, -0.1) is 0 Å². The lowest BCUT2D eigenvalue weighted by atomic mass is 9.51. The fourth-order valence-corrected chi connectivity index (χ4v) is 9.98. The number of carbonyl (C=O) groups excluding carboxylic acids is 4. The van der Waals surface area contributed by atoms with E-state index in [0.29, 0.717) is 31.4 Å². The molecule has 4 fully saturated rings. The van der Waals surface area contributed by atoms with Crippen LogP contribution < -0.4 is 9.64 Å². The van der Waals surface area contributed by atoms with Crippen molar-refractivity contribution in [3.05, 3.63) is 100 Å². The summed E-state index contributed by atoms with van der Waals surface area (Å²) in [7, 11) is 0. The molecule has 0 aromatic heterocycles. The number of anilines is 1. The molecule has 11 heteroatoms. The normalized spacial score (nSPS) is 29.2. The number of ether oxygens (including phenoxy) is 1. The van der Waals surface area contributed by atoms with E-state index >= 15 is 0 Å². The van der Waals surface area contributed by atoms with Gasteiger partial charge in [0.15, 0.2) is 11.5 Å². The predicted molar refractivity (Wildman–Crippen MR) is 192 cm³/mol. The summed E-state index contributed by atoms with van der Waals surface area (Å²) in [4.78, 5) is 62.8. The maximum absolute atomic E-state index is 14.7. The number of amides is 4. The van der Waals surface area contributed by atoms with E-state index in [9.17, 15) is 28.7 Å². The van der Waals surface area contributed by atoms with Crippen LogP contribution in [0.15, 0.2) is 78.4 Å². The molecule has 1 N–H and O–H groups in total. The number of aromatic hydroxyl groups is 1. The standard InChI is InChI=1S/C41H41ClFN3O6/c1-3-52-34-19-24(9-14-33(34)47)36-27-11-12-28-35(39(50)45(37(28)48)25-15-17-44(18-16-25)22-23-7-5-4-6-8-23)29(27)21-30-38(49)46(40(51)41(30,36)2)26-10-13-32(43)31(42)20-26/h4-11,13-14,19-20,25,28-30,35-36,47H,3,12,15-18,21-22H2,1-2H3. The maximum Gasteiger partial charge on any atom is 0.241 e. The van der Waals surface area contributed by atoms with Crippen molar-refractivity contribution in [3.8, 4) is 11.5 Å². The lowest BCUT2D eigenvalue weighted by Crippen LogP contribution is -2.49. The zero-order chi connectivity index (χ0) is 36.5.